The van der Waals surface area contributed by atoms with Gasteiger partial charge in [0.15, 0.2) is 0 Å². The van der Waals surface area contributed by atoms with Crippen LogP contribution in [0.3, 0.4) is 0 Å². The molecule has 0 bridgehead atoms. The van der Waals surface area contributed by atoms with Crippen molar-refractivity contribution in [1.29, 1.82) is 0 Å². The van der Waals surface area contributed by atoms with Gasteiger partial charge in [-0.3, -0.25) is 4.79 Å². The third-order valence-electron chi connectivity index (χ3n) is 2.60. The lowest BCUT2D eigenvalue weighted by atomic mass is 10.1. The molecule has 4 nitrogen and oxygen atoms in total. The summed E-state index contributed by atoms with van der Waals surface area (Å²) < 4.78 is 0. The average Bonchev–Trinajstić information content (AvgIpc) is 2.63. The molecule has 15 heavy (non-hydrogen) atoms. The van der Waals surface area contributed by atoms with Gasteiger partial charge < -0.3 is 16.4 Å². The number of thiophene rings is 1. The average molecular weight is 225 g/mol. The van der Waals surface area contributed by atoms with Crippen LogP contribution in [-0.2, 0) is 11.3 Å². The number of amides is 1. The Labute approximate surface area is 92.9 Å². The van der Waals surface area contributed by atoms with E-state index in [-0.39, 0.29) is 5.91 Å². The maximum absolute atomic E-state index is 10.9. The molecule has 1 amide bonds. The van der Waals surface area contributed by atoms with Crippen LogP contribution in [0.15, 0.2) is 11.4 Å². The molecule has 2 rings (SSSR count). The third-order valence-corrected chi connectivity index (χ3v) is 3.53. The fraction of sp³-hybridized carbons (Fsp3) is 0.500. The van der Waals surface area contributed by atoms with Crippen molar-refractivity contribution < 1.29 is 4.79 Å². The number of nitrogens with two attached hydrogens (primary N) is 1. The summed E-state index contributed by atoms with van der Waals surface area (Å²) >= 11 is 1.66. The zero-order chi connectivity index (χ0) is 10.7. The summed E-state index contributed by atoms with van der Waals surface area (Å²) in [6.45, 7) is 1.52. The Balaban J connectivity index is 1.79. The summed E-state index contributed by atoms with van der Waals surface area (Å²) in [4.78, 5) is 12.1. The van der Waals surface area contributed by atoms with Crippen molar-refractivity contribution in [3.63, 3.8) is 0 Å². The molecule has 0 radical (unpaired) electrons. The molecule has 4 N–H and O–H groups in total. The first-order valence-corrected chi connectivity index (χ1v) is 5.95. The molecule has 1 fully saturated rings. The number of hydrogen-bond acceptors (Lipinski definition) is 4. The molecule has 0 aliphatic carbocycles. The largest absolute Gasteiger partial charge is 0.398 e. The summed E-state index contributed by atoms with van der Waals surface area (Å²) in [5.74, 6) is 0.156. The molecular formula is C10H15N3OS. The van der Waals surface area contributed by atoms with Gasteiger partial charge in [0.25, 0.3) is 0 Å². The number of carbonyl (C=O) groups excluding carboxylic acids is 1. The van der Waals surface area contributed by atoms with E-state index in [0.717, 1.165) is 25.2 Å². The molecule has 1 unspecified atom stereocenters. The van der Waals surface area contributed by atoms with Gasteiger partial charge in [-0.25, -0.2) is 0 Å². The molecule has 1 aromatic heterocycles. The molecule has 1 aliphatic rings. The number of nitrogen functional groups attached to an aromatic ring is 1. The van der Waals surface area contributed by atoms with Crippen molar-refractivity contribution >= 4 is 22.9 Å². The van der Waals surface area contributed by atoms with Gasteiger partial charge in [-0.15, -0.1) is 11.3 Å². The van der Waals surface area contributed by atoms with Crippen molar-refractivity contribution in [2.75, 3.05) is 12.3 Å². The Kier molecular flexibility index (Phi) is 3.23. The van der Waals surface area contributed by atoms with Crippen molar-refractivity contribution in [2.45, 2.75) is 25.4 Å². The number of piperidine rings is 1. The molecule has 1 aliphatic heterocycles. The van der Waals surface area contributed by atoms with Gasteiger partial charge in [0.1, 0.15) is 0 Å². The standard InChI is InChI=1S/C10H15N3OS/c11-8-3-4-15-9(8)6-12-7-1-2-10(14)13-5-7/h3-4,7,12H,1-2,5-6,11H2,(H,13,14). The van der Waals surface area contributed by atoms with E-state index in [0.29, 0.717) is 12.5 Å². The van der Waals surface area contributed by atoms with Crippen molar-refractivity contribution in [3.05, 3.63) is 16.3 Å². The van der Waals surface area contributed by atoms with Gasteiger partial charge in [0.2, 0.25) is 5.91 Å². The highest BCUT2D eigenvalue weighted by Gasteiger charge is 2.17. The van der Waals surface area contributed by atoms with Crippen LogP contribution in [0.2, 0.25) is 0 Å². The molecule has 0 saturated carbocycles. The van der Waals surface area contributed by atoms with Crippen LogP contribution >= 0.6 is 11.3 Å². The highest BCUT2D eigenvalue weighted by Crippen LogP contribution is 2.18. The smallest absolute Gasteiger partial charge is 0.220 e. The minimum Gasteiger partial charge on any atom is -0.398 e. The zero-order valence-electron chi connectivity index (χ0n) is 8.45. The SMILES string of the molecule is Nc1ccsc1CNC1CCC(=O)NC1. The highest BCUT2D eigenvalue weighted by atomic mass is 32.1. The Morgan fingerprint density at radius 1 is 1.67 bits per heavy atom. The molecule has 2 heterocycles. The maximum atomic E-state index is 10.9. The van der Waals surface area contributed by atoms with Gasteiger partial charge in [0.05, 0.1) is 0 Å². The third kappa shape index (κ3) is 2.70. The number of nitrogens with one attached hydrogen (secondary N) is 2. The van der Waals surface area contributed by atoms with E-state index >= 15 is 0 Å². The van der Waals surface area contributed by atoms with E-state index in [9.17, 15) is 4.79 Å². The maximum Gasteiger partial charge on any atom is 0.220 e. The summed E-state index contributed by atoms with van der Waals surface area (Å²) in [6, 6.07) is 2.30. The lowest BCUT2D eigenvalue weighted by molar-refractivity contribution is -0.122. The summed E-state index contributed by atoms with van der Waals surface area (Å²) in [5.41, 5.74) is 6.63. The fourth-order valence-corrected chi connectivity index (χ4v) is 2.39. The van der Waals surface area contributed by atoms with Gasteiger partial charge >= 0.3 is 0 Å². The second-order valence-corrected chi connectivity index (χ2v) is 4.72. The first kappa shape index (κ1) is 10.4. The topological polar surface area (TPSA) is 67.1 Å². The van der Waals surface area contributed by atoms with E-state index in [1.54, 1.807) is 11.3 Å². The molecular weight excluding hydrogens is 210 g/mol. The van der Waals surface area contributed by atoms with Gasteiger partial charge in [-0.1, -0.05) is 0 Å². The fourth-order valence-electron chi connectivity index (χ4n) is 1.64. The van der Waals surface area contributed by atoms with Crippen LogP contribution in [0.1, 0.15) is 17.7 Å². The van der Waals surface area contributed by atoms with E-state index in [1.807, 2.05) is 11.4 Å². The summed E-state index contributed by atoms with van der Waals surface area (Å²) in [6.07, 6.45) is 1.54. The van der Waals surface area contributed by atoms with Crippen LogP contribution < -0.4 is 16.4 Å². The van der Waals surface area contributed by atoms with E-state index in [2.05, 4.69) is 10.6 Å². The Bertz CT molecular complexity index is 340. The van der Waals surface area contributed by atoms with Crippen LogP contribution in [0.4, 0.5) is 5.69 Å². The van der Waals surface area contributed by atoms with E-state index in [4.69, 9.17) is 5.73 Å². The predicted molar refractivity (Wildman–Crippen MR) is 61.6 cm³/mol. The number of hydrogen-bond donors (Lipinski definition) is 3. The Morgan fingerprint density at radius 3 is 3.13 bits per heavy atom. The molecule has 1 saturated heterocycles. The normalized spacial score (nSPS) is 21.3. The number of rotatable bonds is 3. The van der Waals surface area contributed by atoms with Crippen molar-refractivity contribution in [1.82, 2.24) is 10.6 Å². The molecule has 0 spiro atoms. The van der Waals surface area contributed by atoms with E-state index in [1.165, 1.54) is 4.88 Å². The molecule has 1 aromatic rings. The summed E-state index contributed by atoms with van der Waals surface area (Å²) in [5, 5.41) is 8.24. The second-order valence-electron chi connectivity index (χ2n) is 3.72. The molecule has 5 heteroatoms. The first-order chi connectivity index (χ1) is 7.25. The first-order valence-electron chi connectivity index (χ1n) is 5.07. The summed E-state index contributed by atoms with van der Waals surface area (Å²) in [7, 11) is 0. The van der Waals surface area contributed by atoms with E-state index < -0.39 is 0 Å². The minimum absolute atomic E-state index is 0.156. The van der Waals surface area contributed by atoms with Crippen LogP contribution in [-0.4, -0.2) is 18.5 Å². The number of anilines is 1. The lowest BCUT2D eigenvalue weighted by Gasteiger charge is -2.23. The highest BCUT2D eigenvalue weighted by molar-refractivity contribution is 7.10. The van der Waals surface area contributed by atoms with Gasteiger partial charge in [0, 0.05) is 36.1 Å². The van der Waals surface area contributed by atoms with Crippen molar-refractivity contribution in [2.24, 2.45) is 0 Å². The Hall–Kier alpha value is -1.07. The quantitative estimate of drug-likeness (QED) is 0.709. The second kappa shape index (κ2) is 4.63. The van der Waals surface area contributed by atoms with Crippen molar-refractivity contribution in [3.8, 4) is 0 Å². The van der Waals surface area contributed by atoms with Gasteiger partial charge in [-0.05, 0) is 17.9 Å². The number of carbonyl (C=O) groups is 1. The van der Waals surface area contributed by atoms with Gasteiger partial charge in [-0.2, -0.15) is 0 Å². The molecule has 1 atom stereocenters. The van der Waals surface area contributed by atoms with Crippen LogP contribution in [0, 0.1) is 0 Å². The Morgan fingerprint density at radius 2 is 2.53 bits per heavy atom. The lowest BCUT2D eigenvalue weighted by Crippen LogP contribution is -2.45. The molecule has 82 valence electrons. The molecule has 0 aromatic carbocycles. The minimum atomic E-state index is 0.156. The van der Waals surface area contributed by atoms with Crippen LogP contribution in [0.5, 0.6) is 0 Å². The zero-order valence-corrected chi connectivity index (χ0v) is 9.27. The monoisotopic (exact) mass is 225 g/mol. The van der Waals surface area contributed by atoms with Crippen LogP contribution in [0.25, 0.3) is 0 Å². The predicted octanol–water partition coefficient (Wildman–Crippen LogP) is 0.699.